The quantitative estimate of drug-likeness (QED) is 0.690. The lowest BCUT2D eigenvalue weighted by atomic mass is 10.2. The summed E-state index contributed by atoms with van der Waals surface area (Å²) < 4.78 is 10.4. The van der Waals surface area contributed by atoms with E-state index in [0.29, 0.717) is 16.4 Å². The third kappa shape index (κ3) is 3.41. The Morgan fingerprint density at radius 2 is 2.19 bits per heavy atom. The smallest absolute Gasteiger partial charge is 0.341 e. The van der Waals surface area contributed by atoms with E-state index < -0.39 is 5.97 Å². The van der Waals surface area contributed by atoms with Gasteiger partial charge in [0, 0.05) is 6.20 Å². The van der Waals surface area contributed by atoms with Gasteiger partial charge in [0.05, 0.1) is 28.6 Å². The second kappa shape index (κ2) is 6.41. The van der Waals surface area contributed by atoms with Gasteiger partial charge in [0.15, 0.2) is 5.75 Å². The van der Waals surface area contributed by atoms with Crippen molar-refractivity contribution >= 4 is 23.3 Å². The molecule has 0 aliphatic rings. The number of carbonyl (C=O) groups is 1. The molecule has 2 N–H and O–H groups in total. The molecule has 1 heterocycles. The zero-order chi connectivity index (χ0) is 15.4. The zero-order valence-electron chi connectivity index (χ0n) is 11.6. The molecule has 6 nitrogen and oxygen atoms in total. The molecular weight excluding hydrogens is 294 g/mol. The number of nitrogens with zero attached hydrogens (tertiary/aromatic N) is 2. The summed E-state index contributed by atoms with van der Waals surface area (Å²) in [7, 11) is 0. The first-order valence-corrected chi connectivity index (χ1v) is 6.63. The first-order chi connectivity index (χ1) is 10.0. The largest absolute Gasteiger partial charge is 0.462 e. The molecule has 110 valence electrons. The number of rotatable bonds is 4. The van der Waals surface area contributed by atoms with E-state index in [0.717, 1.165) is 0 Å². The average Bonchev–Trinajstić information content (AvgIpc) is 2.43. The van der Waals surface area contributed by atoms with Crippen LogP contribution in [0, 0.1) is 6.92 Å². The van der Waals surface area contributed by atoms with E-state index in [2.05, 4.69) is 9.97 Å². The van der Waals surface area contributed by atoms with Gasteiger partial charge >= 0.3 is 12.0 Å². The molecule has 21 heavy (non-hydrogen) atoms. The van der Waals surface area contributed by atoms with Gasteiger partial charge in [-0.25, -0.2) is 9.78 Å². The fourth-order valence-corrected chi connectivity index (χ4v) is 1.85. The van der Waals surface area contributed by atoms with Crippen LogP contribution in [0.2, 0.25) is 5.02 Å². The summed E-state index contributed by atoms with van der Waals surface area (Å²) >= 11 is 6.01. The Hall–Kier alpha value is -2.34. The van der Waals surface area contributed by atoms with E-state index in [-0.39, 0.29) is 23.9 Å². The number of nitrogens with two attached hydrogens (primary N) is 1. The Bertz CT molecular complexity index is 656. The molecule has 0 amide bonds. The second-order valence-electron chi connectivity index (χ2n) is 4.13. The molecule has 1 aromatic heterocycles. The normalized spacial score (nSPS) is 10.2. The van der Waals surface area contributed by atoms with Crippen molar-refractivity contribution in [3.63, 3.8) is 0 Å². The average molecular weight is 308 g/mol. The van der Waals surface area contributed by atoms with Gasteiger partial charge < -0.3 is 15.2 Å². The third-order valence-electron chi connectivity index (χ3n) is 2.64. The van der Waals surface area contributed by atoms with Crippen molar-refractivity contribution in [3.8, 4) is 11.8 Å². The number of benzene rings is 1. The molecule has 0 spiro atoms. The molecular formula is C14H14ClN3O3. The summed E-state index contributed by atoms with van der Waals surface area (Å²) in [6.07, 6.45) is 1.35. The van der Waals surface area contributed by atoms with Gasteiger partial charge in [-0.1, -0.05) is 17.7 Å². The number of esters is 1. The number of ether oxygens (including phenoxy) is 2. The second-order valence-corrected chi connectivity index (χ2v) is 4.54. The lowest BCUT2D eigenvalue weighted by Gasteiger charge is -2.10. The Morgan fingerprint density at radius 1 is 1.43 bits per heavy atom. The van der Waals surface area contributed by atoms with Crippen LogP contribution in [0.1, 0.15) is 23.0 Å². The number of anilines is 1. The standard InChI is InChI=1S/C14H14ClN3O3/c1-3-20-13(19)9-7-17-14(18-8(9)2)21-12-10(15)5-4-6-11(12)16/h4-7H,3,16H2,1-2H3. The maximum atomic E-state index is 11.7. The highest BCUT2D eigenvalue weighted by molar-refractivity contribution is 6.32. The molecule has 2 aromatic rings. The van der Waals surface area contributed by atoms with Gasteiger partial charge in [-0.05, 0) is 26.0 Å². The zero-order valence-corrected chi connectivity index (χ0v) is 12.3. The van der Waals surface area contributed by atoms with Crippen LogP contribution < -0.4 is 10.5 Å². The van der Waals surface area contributed by atoms with Crippen molar-refractivity contribution < 1.29 is 14.3 Å². The SMILES string of the molecule is CCOC(=O)c1cnc(Oc2c(N)cccc2Cl)nc1C. The molecule has 7 heteroatoms. The number of carbonyl (C=O) groups excluding carboxylic acids is 1. The number of halogens is 1. The number of para-hydroxylation sites is 1. The molecule has 0 aliphatic heterocycles. The van der Waals surface area contributed by atoms with Crippen LogP contribution in [0.5, 0.6) is 11.8 Å². The van der Waals surface area contributed by atoms with Crippen molar-refractivity contribution in [2.24, 2.45) is 0 Å². The minimum atomic E-state index is -0.473. The van der Waals surface area contributed by atoms with Crippen LogP contribution >= 0.6 is 11.6 Å². The fourth-order valence-electron chi connectivity index (χ4n) is 1.63. The Morgan fingerprint density at radius 3 is 2.81 bits per heavy atom. The predicted octanol–water partition coefficient (Wildman–Crippen LogP) is 2.99. The molecule has 0 unspecified atom stereocenters. The van der Waals surface area contributed by atoms with Crippen molar-refractivity contribution in [1.29, 1.82) is 0 Å². The Labute approximate surface area is 126 Å². The van der Waals surface area contributed by atoms with Crippen LogP contribution in [-0.2, 0) is 4.74 Å². The first-order valence-electron chi connectivity index (χ1n) is 6.25. The van der Waals surface area contributed by atoms with Crippen molar-refractivity contribution in [2.45, 2.75) is 13.8 Å². The lowest BCUT2D eigenvalue weighted by molar-refractivity contribution is 0.0524. The minimum absolute atomic E-state index is 0.0559. The topological polar surface area (TPSA) is 87.3 Å². The summed E-state index contributed by atoms with van der Waals surface area (Å²) in [5.74, 6) is -0.193. The van der Waals surface area contributed by atoms with E-state index in [4.69, 9.17) is 26.8 Å². The minimum Gasteiger partial charge on any atom is -0.462 e. The molecule has 0 saturated heterocycles. The van der Waals surface area contributed by atoms with Crippen molar-refractivity contribution in [1.82, 2.24) is 9.97 Å². The first kappa shape index (κ1) is 15.1. The lowest BCUT2D eigenvalue weighted by Crippen LogP contribution is -2.09. The fraction of sp³-hybridized carbons (Fsp3) is 0.214. The molecule has 0 atom stereocenters. The van der Waals surface area contributed by atoms with Gasteiger partial charge in [-0.2, -0.15) is 4.98 Å². The van der Waals surface area contributed by atoms with Crippen molar-refractivity contribution in [3.05, 3.63) is 40.7 Å². The monoisotopic (exact) mass is 307 g/mol. The highest BCUT2D eigenvalue weighted by Crippen LogP contribution is 2.33. The molecule has 0 fully saturated rings. The number of aryl methyl sites for hydroxylation is 1. The summed E-state index contributed by atoms with van der Waals surface area (Å²) in [4.78, 5) is 19.7. The third-order valence-corrected chi connectivity index (χ3v) is 2.94. The molecule has 0 saturated carbocycles. The van der Waals surface area contributed by atoms with Crippen LogP contribution in [0.3, 0.4) is 0 Å². The Balaban J connectivity index is 2.27. The van der Waals surface area contributed by atoms with Crippen LogP contribution in [-0.4, -0.2) is 22.5 Å². The Kier molecular flexibility index (Phi) is 4.59. The van der Waals surface area contributed by atoms with Crippen LogP contribution in [0.15, 0.2) is 24.4 Å². The molecule has 0 bridgehead atoms. The summed E-state index contributed by atoms with van der Waals surface area (Å²) in [5.41, 5.74) is 6.90. The number of nitrogen functional groups attached to an aromatic ring is 1. The van der Waals surface area contributed by atoms with Crippen molar-refractivity contribution in [2.75, 3.05) is 12.3 Å². The van der Waals surface area contributed by atoms with Gasteiger partial charge in [0.25, 0.3) is 0 Å². The maximum Gasteiger partial charge on any atom is 0.341 e. The van der Waals surface area contributed by atoms with Crippen LogP contribution in [0.4, 0.5) is 5.69 Å². The van der Waals surface area contributed by atoms with Gasteiger partial charge in [-0.3, -0.25) is 0 Å². The number of aromatic nitrogens is 2. The molecule has 1 aromatic carbocycles. The predicted molar refractivity (Wildman–Crippen MR) is 78.7 cm³/mol. The van der Waals surface area contributed by atoms with E-state index in [1.165, 1.54) is 6.20 Å². The summed E-state index contributed by atoms with van der Waals surface area (Å²) in [6, 6.07) is 5.06. The van der Waals surface area contributed by atoms with E-state index in [1.807, 2.05) is 0 Å². The number of hydrogen-bond donors (Lipinski definition) is 1. The highest BCUT2D eigenvalue weighted by Gasteiger charge is 2.15. The van der Waals surface area contributed by atoms with Crippen LogP contribution in [0.25, 0.3) is 0 Å². The van der Waals surface area contributed by atoms with E-state index >= 15 is 0 Å². The highest BCUT2D eigenvalue weighted by atomic mass is 35.5. The van der Waals surface area contributed by atoms with Gasteiger partial charge in [-0.15, -0.1) is 0 Å². The van der Waals surface area contributed by atoms with Gasteiger partial charge in [0.1, 0.15) is 0 Å². The molecule has 0 aliphatic carbocycles. The van der Waals surface area contributed by atoms with E-state index in [1.54, 1.807) is 32.0 Å². The number of hydrogen-bond acceptors (Lipinski definition) is 6. The van der Waals surface area contributed by atoms with Gasteiger partial charge in [0.2, 0.25) is 0 Å². The maximum absolute atomic E-state index is 11.7. The van der Waals surface area contributed by atoms with E-state index in [9.17, 15) is 4.79 Å². The summed E-state index contributed by atoms with van der Waals surface area (Å²) in [5, 5.41) is 0.353. The molecule has 0 radical (unpaired) electrons. The molecule has 2 rings (SSSR count). The summed E-state index contributed by atoms with van der Waals surface area (Å²) in [6.45, 7) is 3.68.